The molecule has 1 aromatic heterocycles. The second-order valence-electron chi connectivity index (χ2n) is 9.65. The number of carbonyl (C=O) groups excluding carboxylic acids is 1. The molecule has 0 radical (unpaired) electrons. The topological polar surface area (TPSA) is 227 Å². The normalized spacial score (nSPS) is 24.1. The van der Waals surface area contributed by atoms with Crippen molar-refractivity contribution in [3.05, 3.63) is 29.8 Å². The Kier molecular flexibility index (Phi) is 8.18. The summed E-state index contributed by atoms with van der Waals surface area (Å²) in [6.07, 6.45) is -8.67. The highest BCUT2D eigenvalue weighted by Gasteiger charge is 2.48. The molecule has 14 heteroatoms. The van der Waals surface area contributed by atoms with Gasteiger partial charge < -0.3 is 59.8 Å². The van der Waals surface area contributed by atoms with Crippen LogP contribution in [0.3, 0.4) is 0 Å². The molecule has 14 nitrogen and oxygen atoms in total. The summed E-state index contributed by atoms with van der Waals surface area (Å²) in [5.41, 5.74) is -2.96. The molecule has 0 bridgehead atoms. The van der Waals surface area contributed by atoms with Gasteiger partial charge in [0, 0.05) is 18.2 Å². The van der Waals surface area contributed by atoms with Crippen molar-refractivity contribution in [3.8, 4) is 45.8 Å². The van der Waals surface area contributed by atoms with Gasteiger partial charge in [0.15, 0.2) is 17.3 Å². The van der Waals surface area contributed by atoms with Crippen LogP contribution >= 0.6 is 0 Å². The maximum Gasteiger partial charge on any atom is 0.402 e. The maximum absolute atomic E-state index is 12.8. The lowest BCUT2D eigenvalue weighted by atomic mass is 9.87. The van der Waals surface area contributed by atoms with Gasteiger partial charge in [-0.1, -0.05) is 0 Å². The second-order valence-corrected chi connectivity index (χ2v) is 9.65. The minimum atomic E-state index is -2.41. The summed E-state index contributed by atoms with van der Waals surface area (Å²) in [6, 6.07) is 4.61. The van der Waals surface area contributed by atoms with Gasteiger partial charge in [0.2, 0.25) is 17.8 Å². The molecule has 0 amide bonds. The van der Waals surface area contributed by atoms with E-state index in [4.69, 9.17) is 23.4 Å². The van der Waals surface area contributed by atoms with Crippen molar-refractivity contribution in [2.75, 3.05) is 20.8 Å². The fraction of sp³-hybridized carbons (Fsp3) is 0.407. The molecule has 2 heterocycles. The Hall–Kier alpha value is -3.92. The number of aliphatic hydroxyl groups excluding tert-OH is 4. The van der Waals surface area contributed by atoms with Gasteiger partial charge in [-0.05, 0) is 13.8 Å². The molecule has 4 rings (SSSR count). The number of hydrogen-bond donors (Lipinski definition) is 8. The van der Waals surface area contributed by atoms with Gasteiger partial charge in [-0.2, -0.15) is 0 Å². The Morgan fingerprint density at radius 2 is 1.61 bits per heavy atom. The zero-order valence-electron chi connectivity index (χ0n) is 22.4. The van der Waals surface area contributed by atoms with E-state index < -0.39 is 65.9 Å². The van der Waals surface area contributed by atoms with Crippen LogP contribution in [0.4, 0.5) is 0 Å². The van der Waals surface area contributed by atoms with Crippen molar-refractivity contribution >= 4 is 16.8 Å². The van der Waals surface area contributed by atoms with Crippen LogP contribution in [0.15, 0.2) is 28.7 Å². The third kappa shape index (κ3) is 5.16. The molecule has 222 valence electrons. The van der Waals surface area contributed by atoms with Crippen LogP contribution in [-0.4, -0.2) is 98.2 Å². The number of aromatic hydroxyl groups is 3. The lowest BCUT2D eigenvalue weighted by Gasteiger charge is -2.39. The van der Waals surface area contributed by atoms with E-state index in [0.717, 1.165) is 26.0 Å². The first kappa shape index (κ1) is 30.0. The van der Waals surface area contributed by atoms with Gasteiger partial charge in [0.05, 0.1) is 38.0 Å². The van der Waals surface area contributed by atoms with Crippen molar-refractivity contribution in [1.29, 1.82) is 0 Å². The van der Waals surface area contributed by atoms with Gasteiger partial charge in [-0.25, -0.2) is 4.42 Å². The number of ketones is 1. The van der Waals surface area contributed by atoms with Crippen LogP contribution in [0.1, 0.15) is 19.4 Å². The highest BCUT2D eigenvalue weighted by Crippen LogP contribution is 2.50. The van der Waals surface area contributed by atoms with Gasteiger partial charge in [-0.3, -0.25) is 4.79 Å². The maximum atomic E-state index is 12.8. The number of carbonyl (C=O) groups is 1. The minimum absolute atomic E-state index is 0.0569. The van der Waals surface area contributed by atoms with E-state index in [1.165, 1.54) is 26.4 Å². The summed E-state index contributed by atoms with van der Waals surface area (Å²) < 4.78 is 27.9. The van der Waals surface area contributed by atoms with E-state index in [-0.39, 0.29) is 45.1 Å². The fourth-order valence-electron chi connectivity index (χ4n) is 4.55. The Morgan fingerprint density at radius 3 is 2.15 bits per heavy atom. The first-order valence-electron chi connectivity index (χ1n) is 12.3. The predicted molar refractivity (Wildman–Crippen MR) is 139 cm³/mol. The Morgan fingerprint density at radius 1 is 1.00 bits per heavy atom. The lowest BCUT2D eigenvalue weighted by molar-refractivity contribution is -0.277. The van der Waals surface area contributed by atoms with Gasteiger partial charge in [-0.15, -0.1) is 0 Å². The average molecular weight is 580 g/mol. The first-order chi connectivity index (χ1) is 19.3. The summed E-state index contributed by atoms with van der Waals surface area (Å²) >= 11 is 0. The van der Waals surface area contributed by atoms with Gasteiger partial charge in [0.25, 0.3) is 0 Å². The van der Waals surface area contributed by atoms with Gasteiger partial charge in [0.1, 0.15) is 46.9 Å². The number of rotatable bonds is 8. The smallest absolute Gasteiger partial charge is 0.402 e. The van der Waals surface area contributed by atoms with E-state index in [0.29, 0.717) is 0 Å². The van der Waals surface area contributed by atoms with Crippen molar-refractivity contribution < 1.29 is 69.0 Å². The molecular formula is C27H31O14+. The van der Waals surface area contributed by atoms with Crippen LogP contribution < -0.4 is 14.2 Å². The van der Waals surface area contributed by atoms with E-state index >= 15 is 0 Å². The van der Waals surface area contributed by atoms with Crippen LogP contribution in [0, 0.1) is 0 Å². The first-order valence-corrected chi connectivity index (χ1v) is 12.3. The molecule has 1 aliphatic heterocycles. The molecule has 2 aromatic carbocycles. The Bertz CT molecular complexity index is 1440. The molecule has 41 heavy (non-hydrogen) atoms. The molecule has 1 aliphatic rings. The van der Waals surface area contributed by atoms with Gasteiger partial charge >= 0.3 is 11.3 Å². The zero-order chi connectivity index (χ0) is 30.4. The average Bonchev–Trinajstić information content (AvgIpc) is 2.92. The zero-order valence-corrected chi connectivity index (χ0v) is 22.4. The molecule has 3 aromatic rings. The molecule has 1 fully saturated rings. The van der Waals surface area contributed by atoms with Crippen molar-refractivity contribution in [3.63, 3.8) is 0 Å². The molecule has 0 saturated carbocycles. The Balaban J connectivity index is 2.12. The highest BCUT2D eigenvalue weighted by molar-refractivity contribution is 5.99. The quantitative estimate of drug-likeness (QED) is 0.170. The van der Waals surface area contributed by atoms with E-state index in [1.807, 2.05) is 0 Å². The number of phenols is 3. The summed E-state index contributed by atoms with van der Waals surface area (Å²) in [4.78, 5) is 12.8. The standard InChI is InChI=1S/C27H30O14/c1-10(29)27(2,36)19-18-13(31)7-12(30)8-14(18)39-24(11-5-15(37-3)20(32)16(6-11)38-4)25(19)41-26-23(35)22(34)21(33)17(9-28)40-26/h5-8,17,21-23,26,28,33-36H,9H2,1-4H3,(H2-,30,31,32)/p+1/t17-,21-,22+,23-,26+,27?/m1/s1. The van der Waals surface area contributed by atoms with E-state index in [2.05, 4.69) is 0 Å². The predicted octanol–water partition coefficient (Wildman–Crippen LogP) is 0.490. The Labute approximate surface area is 232 Å². The van der Waals surface area contributed by atoms with Crippen LogP contribution in [0.5, 0.6) is 34.5 Å². The summed E-state index contributed by atoms with van der Waals surface area (Å²) in [6.45, 7) is 1.40. The molecule has 0 aliphatic carbocycles. The number of benzene rings is 2. The van der Waals surface area contributed by atoms with Crippen molar-refractivity contribution in [2.24, 2.45) is 0 Å². The van der Waals surface area contributed by atoms with Crippen molar-refractivity contribution in [1.82, 2.24) is 0 Å². The molecule has 1 unspecified atom stereocenters. The number of methoxy groups -OCH3 is 2. The number of hydrogen-bond acceptors (Lipinski definition) is 13. The highest BCUT2D eigenvalue weighted by atomic mass is 16.7. The van der Waals surface area contributed by atoms with Crippen LogP contribution in [0.25, 0.3) is 22.3 Å². The van der Waals surface area contributed by atoms with Crippen molar-refractivity contribution in [2.45, 2.75) is 50.2 Å². The molecule has 6 atom stereocenters. The lowest BCUT2D eigenvalue weighted by Crippen LogP contribution is -2.60. The third-order valence-electron chi connectivity index (χ3n) is 6.96. The largest absolute Gasteiger partial charge is 0.507 e. The molecule has 1 saturated heterocycles. The van der Waals surface area contributed by atoms with E-state index in [9.17, 15) is 45.6 Å². The number of fused-ring (bicyclic) bond motifs is 1. The molecule has 8 N–H and O–H groups in total. The number of phenolic OH excluding ortho intramolecular Hbond substituents is 3. The number of Topliss-reactive ketones (excluding diaryl/α,β-unsaturated/α-hetero) is 1. The third-order valence-corrected chi connectivity index (χ3v) is 6.96. The fourth-order valence-corrected chi connectivity index (χ4v) is 4.55. The summed E-state index contributed by atoms with van der Waals surface area (Å²) in [5, 5.41) is 83.5. The monoisotopic (exact) mass is 579 g/mol. The second kappa shape index (κ2) is 11.2. The molecule has 0 spiro atoms. The summed E-state index contributed by atoms with van der Waals surface area (Å²) in [7, 11) is 2.53. The number of ether oxygens (including phenoxy) is 4. The van der Waals surface area contributed by atoms with Crippen LogP contribution in [0.2, 0.25) is 0 Å². The number of aliphatic hydroxyl groups is 5. The van der Waals surface area contributed by atoms with E-state index in [1.54, 1.807) is 0 Å². The molecular weight excluding hydrogens is 548 g/mol. The minimum Gasteiger partial charge on any atom is -0.507 e. The summed E-state index contributed by atoms with van der Waals surface area (Å²) in [5.74, 6) is -3.21. The van der Waals surface area contributed by atoms with Crippen LogP contribution in [-0.2, 0) is 15.1 Å². The SMILES string of the molecule is COc1cc(-c2[o+]c3cc(O)cc(O)c3c(C(C)(O)C(C)=O)c2O[C@@H]2O[C@H](CO)[C@@H](O)[C@H](O)[C@H]2O)cc(OC)c1O.